The van der Waals surface area contributed by atoms with Crippen LogP contribution < -0.4 is 0 Å². The Morgan fingerprint density at radius 2 is 1.94 bits per heavy atom. The quantitative estimate of drug-likeness (QED) is 0.595. The third-order valence-corrected chi connectivity index (χ3v) is 7.65. The number of morpholine rings is 1. The minimum atomic E-state index is -0.128. The molecule has 0 unspecified atom stereocenters. The minimum Gasteiger partial charge on any atom is -0.363 e. The van der Waals surface area contributed by atoms with E-state index in [1.165, 1.54) is 40.5 Å². The Morgan fingerprint density at radius 1 is 1.09 bits per heavy atom. The molecule has 1 spiro atoms. The molecule has 0 radical (unpaired) electrons. The largest absolute Gasteiger partial charge is 0.363 e. The molecule has 170 valence electrons. The summed E-state index contributed by atoms with van der Waals surface area (Å²) in [5.41, 5.74) is 6.04. The lowest BCUT2D eigenvalue weighted by Gasteiger charge is -2.47. The second-order valence-corrected chi connectivity index (χ2v) is 10.1. The maximum atomic E-state index is 12.2. The molecular weight excluding hydrogens is 410 g/mol. The van der Waals surface area contributed by atoms with Crippen molar-refractivity contribution in [1.82, 2.24) is 14.8 Å². The molecule has 3 aliphatic rings. The summed E-state index contributed by atoms with van der Waals surface area (Å²) in [6.07, 6.45) is 6.19. The van der Waals surface area contributed by atoms with E-state index in [1.54, 1.807) is 0 Å². The summed E-state index contributed by atoms with van der Waals surface area (Å²) >= 11 is 0. The molecule has 3 heterocycles. The van der Waals surface area contributed by atoms with Crippen molar-refractivity contribution >= 4 is 16.8 Å². The van der Waals surface area contributed by atoms with E-state index in [4.69, 9.17) is 4.74 Å². The van der Waals surface area contributed by atoms with Gasteiger partial charge in [0.1, 0.15) is 6.61 Å². The minimum absolute atomic E-state index is 0.128. The predicted molar refractivity (Wildman–Crippen MR) is 130 cm³/mol. The highest BCUT2D eigenvalue weighted by Crippen LogP contribution is 2.36. The number of ether oxygens (including phenoxy) is 1. The number of benzene rings is 2. The van der Waals surface area contributed by atoms with Crippen LogP contribution in [0.1, 0.15) is 36.8 Å². The molecule has 3 fully saturated rings. The van der Waals surface area contributed by atoms with E-state index in [2.05, 4.69) is 64.2 Å². The lowest BCUT2D eigenvalue weighted by atomic mass is 9.88. The van der Waals surface area contributed by atoms with Gasteiger partial charge in [-0.05, 0) is 67.0 Å². The van der Waals surface area contributed by atoms with Crippen LogP contribution in [0.15, 0.2) is 54.7 Å². The third kappa shape index (κ3) is 4.16. The smallest absolute Gasteiger partial charge is 0.248 e. The van der Waals surface area contributed by atoms with Gasteiger partial charge in [0.2, 0.25) is 5.91 Å². The normalized spacial score (nSPS) is 21.1. The summed E-state index contributed by atoms with van der Waals surface area (Å²) < 4.78 is 6.12. The molecule has 5 nitrogen and oxygen atoms in total. The van der Waals surface area contributed by atoms with E-state index in [0.717, 1.165) is 44.5 Å². The Balaban J connectivity index is 1.11. The van der Waals surface area contributed by atoms with Crippen LogP contribution in [-0.4, -0.2) is 58.6 Å². The summed E-state index contributed by atoms with van der Waals surface area (Å²) in [6, 6.07) is 17.9. The van der Waals surface area contributed by atoms with Gasteiger partial charge in [0.25, 0.3) is 0 Å². The van der Waals surface area contributed by atoms with Gasteiger partial charge in [-0.2, -0.15) is 0 Å². The zero-order valence-corrected chi connectivity index (χ0v) is 19.3. The van der Waals surface area contributed by atoms with Crippen LogP contribution in [0.5, 0.6) is 0 Å². The number of carbonyl (C=O) groups is 1. The molecule has 33 heavy (non-hydrogen) atoms. The van der Waals surface area contributed by atoms with E-state index in [-0.39, 0.29) is 18.1 Å². The number of aryl methyl sites for hydroxylation is 1. The number of carbonyl (C=O) groups excluding carboxylic acids is 1. The van der Waals surface area contributed by atoms with Gasteiger partial charge in [-0.3, -0.25) is 14.7 Å². The van der Waals surface area contributed by atoms with Gasteiger partial charge in [0.15, 0.2) is 0 Å². The highest BCUT2D eigenvalue weighted by Gasteiger charge is 2.46. The van der Waals surface area contributed by atoms with Crippen molar-refractivity contribution in [1.29, 1.82) is 0 Å². The Labute approximate surface area is 195 Å². The standard InChI is InChI=1S/C28H31N3O2/c1-20-15-21(4-9-25(20)23-6-5-22-3-2-12-29-26(22)16-23)17-30-13-10-28(11-14-30)19-31(24-7-8-24)27(32)18-33-28/h2-6,9,12,15-16,24H,7-8,10-11,13-14,17-19H2,1H3. The Hall–Kier alpha value is -2.76. The van der Waals surface area contributed by atoms with Crippen LogP contribution in [0, 0.1) is 6.92 Å². The summed E-state index contributed by atoms with van der Waals surface area (Å²) in [5, 5.41) is 1.17. The number of aromatic nitrogens is 1. The van der Waals surface area contributed by atoms with E-state index >= 15 is 0 Å². The highest BCUT2D eigenvalue weighted by molar-refractivity contribution is 5.84. The van der Waals surface area contributed by atoms with Gasteiger partial charge in [-0.15, -0.1) is 0 Å². The molecule has 0 atom stereocenters. The first-order valence-corrected chi connectivity index (χ1v) is 12.2. The highest BCUT2D eigenvalue weighted by atomic mass is 16.5. The summed E-state index contributed by atoms with van der Waals surface area (Å²) in [5.74, 6) is 0.184. The fourth-order valence-corrected chi connectivity index (χ4v) is 5.52. The van der Waals surface area contributed by atoms with E-state index in [9.17, 15) is 4.79 Å². The van der Waals surface area contributed by atoms with Crippen LogP contribution in [-0.2, 0) is 16.1 Å². The van der Waals surface area contributed by atoms with Gasteiger partial charge in [0.05, 0.1) is 17.7 Å². The number of amides is 1. The number of rotatable bonds is 4. The molecule has 6 rings (SSSR count). The number of pyridine rings is 1. The lowest BCUT2D eigenvalue weighted by Crippen LogP contribution is -2.59. The summed E-state index contributed by atoms with van der Waals surface area (Å²) in [4.78, 5) is 21.4. The number of hydrogen-bond donors (Lipinski definition) is 0. The van der Waals surface area contributed by atoms with Crippen LogP contribution >= 0.6 is 0 Å². The van der Waals surface area contributed by atoms with Crippen molar-refractivity contribution in [2.24, 2.45) is 0 Å². The summed E-state index contributed by atoms with van der Waals surface area (Å²) in [7, 11) is 0. The third-order valence-electron chi connectivity index (χ3n) is 7.65. The topological polar surface area (TPSA) is 45.7 Å². The predicted octanol–water partition coefficient (Wildman–Crippen LogP) is 4.57. The van der Waals surface area contributed by atoms with Crippen molar-refractivity contribution in [3.63, 3.8) is 0 Å². The fraction of sp³-hybridized carbons (Fsp3) is 0.429. The van der Waals surface area contributed by atoms with E-state index in [1.807, 2.05) is 12.3 Å². The zero-order valence-electron chi connectivity index (χ0n) is 19.3. The van der Waals surface area contributed by atoms with Gasteiger partial charge >= 0.3 is 0 Å². The monoisotopic (exact) mass is 441 g/mol. The fourth-order valence-electron chi connectivity index (χ4n) is 5.52. The first-order valence-electron chi connectivity index (χ1n) is 12.2. The number of likely N-dealkylation sites (tertiary alicyclic amines) is 1. The number of hydrogen-bond acceptors (Lipinski definition) is 4. The number of fused-ring (bicyclic) bond motifs is 1. The van der Waals surface area contributed by atoms with E-state index < -0.39 is 0 Å². The zero-order chi connectivity index (χ0) is 22.4. The van der Waals surface area contributed by atoms with Crippen molar-refractivity contribution in [3.8, 4) is 11.1 Å². The molecule has 2 saturated heterocycles. The molecule has 1 saturated carbocycles. The van der Waals surface area contributed by atoms with Gasteiger partial charge in [-0.1, -0.05) is 36.4 Å². The SMILES string of the molecule is Cc1cc(CN2CCC3(CC2)CN(C2CC2)C(=O)CO3)ccc1-c1ccc2cccnc2c1. The van der Waals surface area contributed by atoms with Crippen molar-refractivity contribution in [2.75, 3.05) is 26.2 Å². The Bertz CT molecular complexity index is 1190. The molecule has 2 aromatic carbocycles. The molecule has 3 aromatic rings. The average Bonchev–Trinajstić information content (AvgIpc) is 3.68. The van der Waals surface area contributed by atoms with Gasteiger partial charge < -0.3 is 9.64 Å². The first kappa shape index (κ1) is 20.8. The average molecular weight is 442 g/mol. The van der Waals surface area contributed by atoms with Crippen molar-refractivity contribution in [3.05, 3.63) is 65.9 Å². The Kier molecular flexibility index (Phi) is 5.19. The first-order chi connectivity index (χ1) is 16.1. The number of piperidine rings is 1. The lowest BCUT2D eigenvalue weighted by molar-refractivity contribution is -0.172. The molecule has 5 heteroatoms. The number of nitrogens with zero attached hydrogens (tertiary/aromatic N) is 3. The molecule has 1 aliphatic carbocycles. The molecule has 1 aromatic heterocycles. The van der Waals surface area contributed by atoms with Crippen LogP contribution in [0.2, 0.25) is 0 Å². The van der Waals surface area contributed by atoms with Gasteiger partial charge in [-0.25, -0.2) is 0 Å². The maximum absolute atomic E-state index is 12.2. The van der Waals surface area contributed by atoms with Crippen LogP contribution in [0.25, 0.3) is 22.0 Å². The molecular formula is C28H31N3O2. The van der Waals surface area contributed by atoms with Crippen LogP contribution in [0.3, 0.4) is 0 Å². The molecule has 1 amide bonds. The van der Waals surface area contributed by atoms with Crippen molar-refractivity contribution in [2.45, 2.75) is 50.8 Å². The molecule has 0 bridgehead atoms. The van der Waals surface area contributed by atoms with Crippen LogP contribution in [0.4, 0.5) is 0 Å². The molecule has 0 N–H and O–H groups in total. The summed E-state index contributed by atoms with van der Waals surface area (Å²) in [6.45, 7) is 6.25. The van der Waals surface area contributed by atoms with E-state index in [0.29, 0.717) is 6.04 Å². The van der Waals surface area contributed by atoms with Gasteiger partial charge in [0, 0.05) is 37.3 Å². The molecule has 2 aliphatic heterocycles. The Morgan fingerprint density at radius 3 is 2.73 bits per heavy atom. The second kappa shape index (κ2) is 8.23. The van der Waals surface area contributed by atoms with Crippen molar-refractivity contribution < 1.29 is 9.53 Å². The second-order valence-electron chi connectivity index (χ2n) is 10.1. The maximum Gasteiger partial charge on any atom is 0.248 e.